The van der Waals surface area contributed by atoms with Crippen LogP contribution in [0.1, 0.15) is 5.56 Å². The molecule has 0 aromatic heterocycles. The van der Waals surface area contributed by atoms with Crippen molar-refractivity contribution in [3.8, 4) is 17.2 Å². The van der Waals surface area contributed by atoms with Gasteiger partial charge in [-0.15, -0.1) is 12.4 Å². The molecule has 0 saturated heterocycles. The Kier molecular flexibility index (Phi) is 7.51. The third kappa shape index (κ3) is 4.68. The number of rotatable bonds is 6. The van der Waals surface area contributed by atoms with Gasteiger partial charge in [0, 0.05) is 10.6 Å². The Morgan fingerprint density at radius 3 is 2.13 bits per heavy atom. The summed E-state index contributed by atoms with van der Waals surface area (Å²) in [7, 11) is 4.71. The Labute approximate surface area is 146 Å². The number of hydrogen-bond donors (Lipinski definition) is 1. The SMILES string of the molecule is COc1ccc(/C=N/Nc2ccc(Cl)cc2)c(OC)c1OC.Cl. The first-order valence-electron chi connectivity index (χ1n) is 6.53. The number of hydrazone groups is 1. The number of ether oxygens (including phenoxy) is 3. The van der Waals surface area contributed by atoms with E-state index in [2.05, 4.69) is 10.5 Å². The molecule has 0 saturated carbocycles. The van der Waals surface area contributed by atoms with Crippen molar-refractivity contribution >= 4 is 35.9 Å². The standard InChI is InChI=1S/C16H17ClN2O3.ClH/c1-20-14-9-4-11(15(21-2)16(14)22-3)10-18-19-13-7-5-12(17)6-8-13;/h4-10,19H,1-3H3;1H/b18-10+;. The first-order chi connectivity index (χ1) is 10.7. The van der Waals surface area contributed by atoms with Crippen molar-refractivity contribution in [3.63, 3.8) is 0 Å². The second kappa shape index (κ2) is 9.12. The smallest absolute Gasteiger partial charge is 0.203 e. The fourth-order valence-electron chi connectivity index (χ4n) is 1.93. The van der Waals surface area contributed by atoms with Crippen LogP contribution in [-0.4, -0.2) is 27.5 Å². The zero-order valence-electron chi connectivity index (χ0n) is 13.0. The fraction of sp³-hybridized carbons (Fsp3) is 0.188. The number of hydrogen-bond acceptors (Lipinski definition) is 5. The van der Waals surface area contributed by atoms with Crippen molar-refractivity contribution in [2.45, 2.75) is 0 Å². The Balaban J connectivity index is 0.00000264. The molecule has 0 bridgehead atoms. The highest BCUT2D eigenvalue weighted by Crippen LogP contribution is 2.38. The molecule has 124 valence electrons. The normalized spacial score (nSPS) is 10.1. The van der Waals surface area contributed by atoms with E-state index in [1.807, 2.05) is 18.2 Å². The average Bonchev–Trinajstić information content (AvgIpc) is 2.55. The molecule has 5 nitrogen and oxygen atoms in total. The predicted octanol–water partition coefficient (Wildman–Crippen LogP) is 4.23. The fourth-order valence-corrected chi connectivity index (χ4v) is 2.05. The number of halogens is 2. The molecular weight excluding hydrogens is 339 g/mol. The van der Waals surface area contributed by atoms with E-state index in [1.54, 1.807) is 45.7 Å². The van der Waals surface area contributed by atoms with Crippen molar-refractivity contribution < 1.29 is 14.2 Å². The van der Waals surface area contributed by atoms with E-state index in [0.717, 1.165) is 11.3 Å². The molecule has 2 aromatic rings. The summed E-state index contributed by atoms with van der Waals surface area (Å²) >= 11 is 5.83. The zero-order chi connectivity index (χ0) is 15.9. The molecule has 23 heavy (non-hydrogen) atoms. The minimum absolute atomic E-state index is 0. The molecule has 0 heterocycles. The summed E-state index contributed by atoms with van der Waals surface area (Å²) in [6.07, 6.45) is 1.65. The molecule has 2 rings (SSSR count). The number of nitrogens with one attached hydrogen (secondary N) is 1. The van der Waals surface area contributed by atoms with E-state index in [4.69, 9.17) is 25.8 Å². The highest BCUT2D eigenvalue weighted by Gasteiger charge is 2.14. The molecule has 0 atom stereocenters. The van der Waals surface area contributed by atoms with Gasteiger partial charge >= 0.3 is 0 Å². The maximum absolute atomic E-state index is 5.83. The van der Waals surface area contributed by atoms with E-state index in [0.29, 0.717) is 22.3 Å². The van der Waals surface area contributed by atoms with Crippen molar-refractivity contribution in [1.82, 2.24) is 0 Å². The minimum Gasteiger partial charge on any atom is -0.493 e. The van der Waals surface area contributed by atoms with E-state index < -0.39 is 0 Å². The largest absolute Gasteiger partial charge is 0.493 e. The Morgan fingerprint density at radius 1 is 0.913 bits per heavy atom. The zero-order valence-corrected chi connectivity index (χ0v) is 14.6. The van der Waals surface area contributed by atoms with Crippen molar-refractivity contribution in [3.05, 3.63) is 47.0 Å². The summed E-state index contributed by atoms with van der Waals surface area (Å²) in [5.41, 5.74) is 4.52. The summed E-state index contributed by atoms with van der Waals surface area (Å²) in [4.78, 5) is 0. The van der Waals surface area contributed by atoms with Crippen LogP contribution in [0.25, 0.3) is 0 Å². The van der Waals surface area contributed by atoms with Gasteiger partial charge in [-0.25, -0.2) is 0 Å². The number of anilines is 1. The molecule has 0 fully saturated rings. The molecular formula is C16H18Cl2N2O3. The molecule has 0 unspecified atom stereocenters. The van der Waals surface area contributed by atoms with Crippen molar-refractivity contribution in [1.29, 1.82) is 0 Å². The molecule has 7 heteroatoms. The Morgan fingerprint density at radius 2 is 1.57 bits per heavy atom. The summed E-state index contributed by atoms with van der Waals surface area (Å²) in [5, 5.41) is 4.86. The third-order valence-corrected chi connectivity index (χ3v) is 3.23. The van der Waals surface area contributed by atoms with Crippen LogP contribution in [0, 0.1) is 0 Å². The van der Waals surface area contributed by atoms with Gasteiger partial charge < -0.3 is 14.2 Å². The quantitative estimate of drug-likeness (QED) is 0.621. The number of benzene rings is 2. The van der Waals surface area contributed by atoms with Crippen LogP contribution < -0.4 is 19.6 Å². The van der Waals surface area contributed by atoms with Crippen LogP contribution in [0.2, 0.25) is 5.02 Å². The molecule has 0 aliphatic heterocycles. The lowest BCUT2D eigenvalue weighted by Gasteiger charge is -2.13. The second-order valence-electron chi connectivity index (χ2n) is 4.30. The topological polar surface area (TPSA) is 52.1 Å². The maximum atomic E-state index is 5.83. The molecule has 0 aliphatic carbocycles. The monoisotopic (exact) mass is 356 g/mol. The van der Waals surface area contributed by atoms with Gasteiger partial charge in [-0.05, 0) is 36.4 Å². The van der Waals surface area contributed by atoms with Gasteiger partial charge in [0.2, 0.25) is 5.75 Å². The first kappa shape index (κ1) is 18.9. The lowest BCUT2D eigenvalue weighted by molar-refractivity contribution is 0.324. The second-order valence-corrected chi connectivity index (χ2v) is 4.74. The van der Waals surface area contributed by atoms with Crippen LogP contribution in [0.5, 0.6) is 17.2 Å². The van der Waals surface area contributed by atoms with E-state index in [9.17, 15) is 0 Å². The van der Waals surface area contributed by atoms with Crippen molar-refractivity contribution in [2.24, 2.45) is 5.10 Å². The molecule has 0 spiro atoms. The van der Waals surface area contributed by atoms with Crippen LogP contribution in [0.3, 0.4) is 0 Å². The lowest BCUT2D eigenvalue weighted by Crippen LogP contribution is -1.99. The molecule has 1 N–H and O–H groups in total. The summed E-state index contributed by atoms with van der Waals surface area (Å²) in [6, 6.07) is 10.9. The van der Waals surface area contributed by atoms with Crippen LogP contribution in [0.4, 0.5) is 5.69 Å². The summed E-state index contributed by atoms with van der Waals surface area (Å²) < 4.78 is 16.0. The van der Waals surface area contributed by atoms with Crippen LogP contribution in [0.15, 0.2) is 41.5 Å². The number of nitrogens with zero attached hydrogens (tertiary/aromatic N) is 1. The van der Waals surface area contributed by atoms with Gasteiger partial charge in [-0.3, -0.25) is 5.43 Å². The van der Waals surface area contributed by atoms with E-state index in [1.165, 1.54) is 0 Å². The summed E-state index contributed by atoms with van der Waals surface area (Å²) in [5.74, 6) is 1.69. The van der Waals surface area contributed by atoms with Gasteiger partial charge in [-0.2, -0.15) is 5.10 Å². The van der Waals surface area contributed by atoms with Crippen LogP contribution in [-0.2, 0) is 0 Å². The summed E-state index contributed by atoms with van der Waals surface area (Å²) in [6.45, 7) is 0. The Bertz CT molecular complexity index is 661. The molecule has 2 aromatic carbocycles. The minimum atomic E-state index is 0. The predicted molar refractivity (Wildman–Crippen MR) is 96.0 cm³/mol. The highest BCUT2D eigenvalue weighted by molar-refractivity contribution is 6.30. The highest BCUT2D eigenvalue weighted by atomic mass is 35.5. The van der Waals surface area contributed by atoms with Gasteiger partial charge in [0.25, 0.3) is 0 Å². The van der Waals surface area contributed by atoms with E-state index >= 15 is 0 Å². The Hall–Kier alpha value is -2.11. The van der Waals surface area contributed by atoms with Crippen LogP contribution >= 0.6 is 24.0 Å². The maximum Gasteiger partial charge on any atom is 0.203 e. The number of methoxy groups -OCH3 is 3. The third-order valence-electron chi connectivity index (χ3n) is 2.98. The van der Waals surface area contributed by atoms with Gasteiger partial charge in [0.05, 0.1) is 33.2 Å². The molecule has 0 radical (unpaired) electrons. The van der Waals surface area contributed by atoms with Crippen molar-refractivity contribution in [2.75, 3.05) is 26.8 Å². The lowest BCUT2D eigenvalue weighted by atomic mass is 10.2. The van der Waals surface area contributed by atoms with Gasteiger partial charge in [0.15, 0.2) is 11.5 Å². The van der Waals surface area contributed by atoms with Gasteiger partial charge in [0.1, 0.15) is 0 Å². The first-order valence-corrected chi connectivity index (χ1v) is 6.91. The van der Waals surface area contributed by atoms with E-state index in [-0.39, 0.29) is 12.4 Å². The molecule has 0 amide bonds. The molecule has 0 aliphatic rings. The van der Waals surface area contributed by atoms with Gasteiger partial charge in [-0.1, -0.05) is 11.6 Å². The average molecular weight is 357 g/mol.